The van der Waals surface area contributed by atoms with Gasteiger partial charge in [-0.3, -0.25) is 4.79 Å². The van der Waals surface area contributed by atoms with Crippen LogP contribution in [0.2, 0.25) is 5.02 Å². The van der Waals surface area contributed by atoms with E-state index in [2.05, 4.69) is 26.0 Å². The van der Waals surface area contributed by atoms with Crippen LogP contribution in [-0.2, 0) is 14.8 Å². The van der Waals surface area contributed by atoms with E-state index in [1.165, 1.54) is 18.2 Å². The maximum atomic E-state index is 12.0. The molecular weight excluding hydrogens is 380 g/mol. The first-order valence-corrected chi connectivity index (χ1v) is 9.15. The molecule has 0 spiro atoms. The van der Waals surface area contributed by atoms with Gasteiger partial charge in [0.05, 0.1) is 9.92 Å². The number of amides is 1. The zero-order valence-corrected chi connectivity index (χ0v) is 15.0. The molecule has 2 N–H and O–H groups in total. The van der Waals surface area contributed by atoms with E-state index in [1.54, 1.807) is 0 Å². The Balaban J connectivity index is 2.57. The lowest BCUT2D eigenvalue weighted by molar-refractivity contribution is -0.121. The van der Waals surface area contributed by atoms with Crippen molar-refractivity contribution >= 4 is 43.5 Å². The van der Waals surface area contributed by atoms with Crippen LogP contribution in [0.15, 0.2) is 27.6 Å². The van der Waals surface area contributed by atoms with Gasteiger partial charge >= 0.3 is 0 Å². The van der Waals surface area contributed by atoms with Gasteiger partial charge in [-0.15, -0.1) is 0 Å². The molecule has 0 aliphatic rings. The lowest BCUT2D eigenvalue weighted by Crippen LogP contribution is -2.35. The number of rotatable bonds is 7. The SMILES string of the molecule is CCC(C)NC(=O)CCNS(=O)(=O)c1ccc(Cl)c(Br)c1. The molecule has 0 heterocycles. The van der Waals surface area contributed by atoms with Crippen LogP contribution in [0, 0.1) is 0 Å². The zero-order chi connectivity index (χ0) is 16.0. The molecule has 0 saturated carbocycles. The first kappa shape index (κ1) is 18.4. The fourth-order valence-corrected chi connectivity index (χ4v) is 3.18. The van der Waals surface area contributed by atoms with E-state index >= 15 is 0 Å². The van der Waals surface area contributed by atoms with E-state index < -0.39 is 10.0 Å². The maximum Gasteiger partial charge on any atom is 0.240 e. The minimum atomic E-state index is -3.65. The second-order valence-corrected chi connectivity index (χ2v) is 7.63. The zero-order valence-electron chi connectivity index (χ0n) is 11.8. The van der Waals surface area contributed by atoms with Crippen molar-refractivity contribution in [3.63, 3.8) is 0 Å². The molecule has 1 aromatic rings. The van der Waals surface area contributed by atoms with E-state index in [9.17, 15) is 13.2 Å². The van der Waals surface area contributed by atoms with Gasteiger partial charge in [-0.25, -0.2) is 13.1 Å². The van der Waals surface area contributed by atoms with Crippen molar-refractivity contribution in [2.45, 2.75) is 37.6 Å². The molecule has 0 aromatic heterocycles. The Morgan fingerprint density at radius 3 is 2.67 bits per heavy atom. The minimum absolute atomic E-state index is 0.0465. The van der Waals surface area contributed by atoms with E-state index in [0.29, 0.717) is 9.50 Å². The Labute approximate surface area is 138 Å². The second-order valence-electron chi connectivity index (χ2n) is 4.60. The van der Waals surface area contributed by atoms with Crippen LogP contribution in [0.3, 0.4) is 0 Å². The summed E-state index contributed by atoms with van der Waals surface area (Å²) in [6, 6.07) is 4.41. The van der Waals surface area contributed by atoms with Gasteiger partial charge < -0.3 is 5.32 Å². The van der Waals surface area contributed by atoms with Crippen LogP contribution >= 0.6 is 27.5 Å². The standard InChI is InChI=1S/C13H18BrClN2O3S/c1-3-9(2)17-13(18)6-7-16-21(19,20)10-4-5-12(15)11(14)8-10/h4-5,8-9,16H,3,6-7H2,1-2H3,(H,17,18). The van der Waals surface area contributed by atoms with Crippen LogP contribution in [0.25, 0.3) is 0 Å². The summed E-state index contributed by atoms with van der Waals surface area (Å²) in [4.78, 5) is 11.7. The van der Waals surface area contributed by atoms with Crippen molar-refractivity contribution in [2.75, 3.05) is 6.54 Å². The van der Waals surface area contributed by atoms with Crippen molar-refractivity contribution in [1.82, 2.24) is 10.0 Å². The first-order valence-electron chi connectivity index (χ1n) is 6.50. The molecule has 21 heavy (non-hydrogen) atoms. The summed E-state index contributed by atoms with van der Waals surface area (Å²) in [7, 11) is -3.65. The predicted octanol–water partition coefficient (Wildman–Crippen LogP) is 2.69. The van der Waals surface area contributed by atoms with Crippen molar-refractivity contribution in [3.05, 3.63) is 27.7 Å². The van der Waals surface area contributed by atoms with Crippen molar-refractivity contribution in [2.24, 2.45) is 0 Å². The Hall–Kier alpha value is -0.630. The molecule has 5 nitrogen and oxygen atoms in total. The summed E-state index contributed by atoms with van der Waals surface area (Å²) in [5.74, 6) is -0.177. The molecule has 1 atom stereocenters. The number of hydrogen-bond donors (Lipinski definition) is 2. The quantitative estimate of drug-likeness (QED) is 0.743. The van der Waals surface area contributed by atoms with Crippen LogP contribution in [0.4, 0.5) is 0 Å². The Bertz CT molecular complexity index is 607. The van der Waals surface area contributed by atoms with E-state index in [1.807, 2.05) is 13.8 Å². The summed E-state index contributed by atoms with van der Waals surface area (Å²) < 4.78 is 27.0. The summed E-state index contributed by atoms with van der Waals surface area (Å²) in [5.41, 5.74) is 0. The number of halogens is 2. The Morgan fingerprint density at radius 2 is 2.10 bits per heavy atom. The van der Waals surface area contributed by atoms with Gasteiger partial charge in [0.1, 0.15) is 0 Å². The molecule has 1 aromatic carbocycles. The largest absolute Gasteiger partial charge is 0.354 e. The van der Waals surface area contributed by atoms with Gasteiger partial charge in [0.15, 0.2) is 0 Å². The number of carbonyl (C=O) groups is 1. The number of nitrogens with one attached hydrogen (secondary N) is 2. The van der Waals surface area contributed by atoms with Crippen molar-refractivity contribution in [3.8, 4) is 0 Å². The molecule has 0 radical (unpaired) electrons. The monoisotopic (exact) mass is 396 g/mol. The molecule has 0 aliphatic heterocycles. The van der Waals surface area contributed by atoms with Gasteiger partial charge in [-0.05, 0) is 47.5 Å². The predicted molar refractivity (Wildman–Crippen MR) is 86.9 cm³/mol. The third-order valence-corrected chi connectivity index (χ3v) is 5.54. The molecule has 0 aliphatic carbocycles. The van der Waals surface area contributed by atoms with E-state index in [0.717, 1.165) is 6.42 Å². The molecule has 0 bridgehead atoms. The van der Waals surface area contributed by atoms with Crippen molar-refractivity contribution in [1.29, 1.82) is 0 Å². The minimum Gasteiger partial charge on any atom is -0.354 e. The summed E-state index contributed by atoms with van der Waals surface area (Å²) in [6.45, 7) is 3.91. The Morgan fingerprint density at radius 1 is 1.43 bits per heavy atom. The van der Waals surface area contributed by atoms with E-state index in [-0.39, 0.29) is 29.8 Å². The lowest BCUT2D eigenvalue weighted by atomic mass is 10.2. The van der Waals surface area contributed by atoms with Crippen LogP contribution in [0.1, 0.15) is 26.7 Å². The molecule has 0 fully saturated rings. The summed E-state index contributed by atoms with van der Waals surface area (Å²) in [5, 5.41) is 3.21. The van der Waals surface area contributed by atoms with Crippen LogP contribution in [0.5, 0.6) is 0 Å². The summed E-state index contributed by atoms with van der Waals surface area (Å²) in [6.07, 6.45) is 0.925. The van der Waals surface area contributed by atoms with Gasteiger partial charge in [-0.1, -0.05) is 18.5 Å². The third-order valence-electron chi connectivity index (χ3n) is 2.87. The van der Waals surface area contributed by atoms with Gasteiger partial charge in [0, 0.05) is 23.5 Å². The summed E-state index contributed by atoms with van der Waals surface area (Å²) >= 11 is 9.00. The lowest BCUT2D eigenvalue weighted by Gasteiger charge is -2.12. The Kier molecular flexibility index (Phi) is 7.12. The maximum absolute atomic E-state index is 12.0. The van der Waals surface area contributed by atoms with Crippen LogP contribution < -0.4 is 10.0 Å². The van der Waals surface area contributed by atoms with Gasteiger partial charge in [-0.2, -0.15) is 0 Å². The highest BCUT2D eigenvalue weighted by Gasteiger charge is 2.15. The molecule has 0 saturated heterocycles. The molecular formula is C13H18BrClN2O3S. The fraction of sp³-hybridized carbons (Fsp3) is 0.462. The molecule has 118 valence electrons. The molecule has 1 rings (SSSR count). The second kappa shape index (κ2) is 8.12. The van der Waals surface area contributed by atoms with Gasteiger partial charge in [0.25, 0.3) is 0 Å². The van der Waals surface area contributed by atoms with Crippen molar-refractivity contribution < 1.29 is 13.2 Å². The highest BCUT2D eigenvalue weighted by molar-refractivity contribution is 9.10. The topological polar surface area (TPSA) is 75.3 Å². The highest BCUT2D eigenvalue weighted by atomic mass is 79.9. The first-order chi connectivity index (χ1) is 9.76. The molecule has 1 unspecified atom stereocenters. The van der Waals surface area contributed by atoms with E-state index in [4.69, 9.17) is 11.6 Å². The third kappa shape index (κ3) is 5.94. The molecule has 1 amide bonds. The molecule has 8 heteroatoms. The number of sulfonamides is 1. The number of carbonyl (C=O) groups excluding carboxylic acids is 1. The smallest absolute Gasteiger partial charge is 0.240 e. The fourth-order valence-electron chi connectivity index (χ4n) is 1.48. The van der Waals surface area contributed by atoms with Crippen LogP contribution in [-0.4, -0.2) is 26.9 Å². The van der Waals surface area contributed by atoms with Gasteiger partial charge in [0.2, 0.25) is 15.9 Å². The average molecular weight is 398 g/mol. The highest BCUT2D eigenvalue weighted by Crippen LogP contribution is 2.25. The number of benzene rings is 1. The number of hydrogen-bond acceptors (Lipinski definition) is 3. The normalized spacial score (nSPS) is 13.0. The average Bonchev–Trinajstić information content (AvgIpc) is 2.41.